The minimum atomic E-state index is 0.387. The smallest absolute Gasteiger partial charge is 0.137 e. The molecule has 2 rings (SSSR count). The normalized spacial score (nSPS) is 15.7. The zero-order chi connectivity index (χ0) is 13.2. The zero-order valence-electron chi connectivity index (χ0n) is 11.7. The van der Waals surface area contributed by atoms with Crippen LogP contribution in [0.5, 0.6) is 0 Å². The minimum absolute atomic E-state index is 0.387. The van der Waals surface area contributed by atoms with E-state index in [0.29, 0.717) is 18.1 Å². The molecule has 0 atom stereocenters. The molecule has 0 N–H and O–H groups in total. The third-order valence-electron chi connectivity index (χ3n) is 3.39. The first-order valence-electron chi connectivity index (χ1n) is 7.25. The van der Waals surface area contributed by atoms with E-state index in [2.05, 4.69) is 4.98 Å². The van der Waals surface area contributed by atoms with E-state index in [1.807, 2.05) is 26.0 Å². The first-order chi connectivity index (χ1) is 8.84. The van der Waals surface area contributed by atoms with Gasteiger partial charge in [-0.15, -0.1) is 0 Å². The Morgan fingerprint density at radius 3 is 2.39 bits per heavy atom. The number of pyridine rings is 1. The van der Waals surface area contributed by atoms with Crippen LogP contribution in [0.3, 0.4) is 0 Å². The number of rotatable bonds is 4. The molecule has 0 spiro atoms. The van der Waals surface area contributed by atoms with E-state index in [-0.39, 0.29) is 0 Å². The van der Waals surface area contributed by atoms with Crippen molar-refractivity contribution in [3.63, 3.8) is 0 Å². The van der Waals surface area contributed by atoms with Crippen molar-refractivity contribution in [2.24, 2.45) is 5.92 Å². The van der Waals surface area contributed by atoms with Crippen molar-refractivity contribution in [3.05, 3.63) is 30.1 Å². The Bertz CT molecular complexity index is 328. The molecule has 1 aromatic rings. The van der Waals surface area contributed by atoms with E-state index in [1.54, 1.807) is 12.4 Å². The lowest BCUT2D eigenvalue weighted by Crippen LogP contribution is -2.13. The van der Waals surface area contributed by atoms with Crippen LogP contribution in [0.1, 0.15) is 57.9 Å². The summed E-state index contributed by atoms with van der Waals surface area (Å²) in [5.74, 6) is 1.04. The Morgan fingerprint density at radius 1 is 1.17 bits per heavy atom. The van der Waals surface area contributed by atoms with Crippen LogP contribution >= 0.6 is 0 Å². The van der Waals surface area contributed by atoms with Crippen LogP contribution in [-0.2, 0) is 11.2 Å². The van der Waals surface area contributed by atoms with Crippen molar-refractivity contribution in [1.29, 1.82) is 0 Å². The number of hydrogen-bond acceptors (Lipinski definition) is 2. The van der Waals surface area contributed by atoms with Gasteiger partial charge in [-0.3, -0.25) is 9.78 Å². The van der Waals surface area contributed by atoms with Gasteiger partial charge >= 0.3 is 0 Å². The molecule has 1 heterocycles. The van der Waals surface area contributed by atoms with Gasteiger partial charge in [0, 0.05) is 25.2 Å². The molecule has 1 aliphatic rings. The molecule has 1 aromatic heterocycles. The lowest BCUT2D eigenvalue weighted by Gasteiger charge is -2.20. The number of ketones is 1. The van der Waals surface area contributed by atoms with Crippen molar-refractivity contribution in [2.45, 2.75) is 58.8 Å². The summed E-state index contributed by atoms with van der Waals surface area (Å²) >= 11 is 0. The predicted octanol–water partition coefficient (Wildman–Crippen LogP) is 4.19. The summed E-state index contributed by atoms with van der Waals surface area (Å²) in [6.45, 7) is 4.00. The van der Waals surface area contributed by atoms with Gasteiger partial charge in [0.1, 0.15) is 5.78 Å². The number of hydrogen-bond donors (Lipinski definition) is 0. The SMILES string of the molecule is CC.O=C(Cc1ccncc1)CC1CCCCC1. The average Bonchev–Trinajstić information content (AvgIpc) is 2.43. The van der Waals surface area contributed by atoms with Gasteiger partial charge in [-0.25, -0.2) is 0 Å². The van der Waals surface area contributed by atoms with E-state index in [9.17, 15) is 4.79 Å². The predicted molar refractivity (Wildman–Crippen MR) is 75.5 cm³/mol. The molecule has 2 heteroatoms. The maximum absolute atomic E-state index is 11.9. The molecule has 0 aromatic carbocycles. The first kappa shape index (κ1) is 14.9. The lowest BCUT2D eigenvalue weighted by atomic mass is 9.85. The standard InChI is InChI=1S/C14H19NO.C2H6/c16-14(10-12-4-2-1-3-5-12)11-13-6-8-15-9-7-13;1-2/h6-9,12H,1-5,10-11H2;1-2H3. The molecule has 100 valence electrons. The van der Waals surface area contributed by atoms with Gasteiger partial charge in [0.15, 0.2) is 0 Å². The van der Waals surface area contributed by atoms with Gasteiger partial charge in [0.25, 0.3) is 0 Å². The quantitative estimate of drug-likeness (QED) is 0.798. The highest BCUT2D eigenvalue weighted by Crippen LogP contribution is 2.26. The molecule has 0 unspecified atom stereocenters. The highest BCUT2D eigenvalue weighted by Gasteiger charge is 2.16. The molecule has 1 aliphatic carbocycles. The largest absolute Gasteiger partial charge is 0.299 e. The highest BCUT2D eigenvalue weighted by molar-refractivity contribution is 5.81. The van der Waals surface area contributed by atoms with E-state index < -0.39 is 0 Å². The van der Waals surface area contributed by atoms with E-state index in [1.165, 1.54) is 32.1 Å². The van der Waals surface area contributed by atoms with Crippen molar-refractivity contribution < 1.29 is 4.79 Å². The van der Waals surface area contributed by atoms with Crippen molar-refractivity contribution >= 4 is 5.78 Å². The van der Waals surface area contributed by atoms with Crippen LogP contribution < -0.4 is 0 Å². The number of nitrogens with zero attached hydrogens (tertiary/aromatic N) is 1. The summed E-state index contributed by atoms with van der Waals surface area (Å²) in [4.78, 5) is 15.8. The van der Waals surface area contributed by atoms with Crippen LogP contribution in [0.25, 0.3) is 0 Å². The second-order valence-electron chi connectivity index (χ2n) is 4.78. The van der Waals surface area contributed by atoms with Gasteiger partial charge in [-0.05, 0) is 23.6 Å². The molecule has 2 nitrogen and oxygen atoms in total. The van der Waals surface area contributed by atoms with Gasteiger partial charge in [0.2, 0.25) is 0 Å². The molecule has 0 saturated heterocycles. The number of carbonyl (C=O) groups excluding carboxylic acids is 1. The van der Waals surface area contributed by atoms with E-state index in [4.69, 9.17) is 0 Å². The van der Waals surface area contributed by atoms with Gasteiger partial charge in [-0.2, -0.15) is 0 Å². The summed E-state index contributed by atoms with van der Waals surface area (Å²) < 4.78 is 0. The van der Waals surface area contributed by atoms with Crippen molar-refractivity contribution in [3.8, 4) is 0 Å². The van der Waals surface area contributed by atoms with Crippen molar-refractivity contribution in [2.75, 3.05) is 0 Å². The Balaban J connectivity index is 0.000000771. The first-order valence-corrected chi connectivity index (χ1v) is 7.25. The van der Waals surface area contributed by atoms with Crippen LogP contribution in [0.2, 0.25) is 0 Å². The molecule has 0 bridgehead atoms. The van der Waals surface area contributed by atoms with Crippen LogP contribution in [0.15, 0.2) is 24.5 Å². The molecular formula is C16H25NO. The lowest BCUT2D eigenvalue weighted by molar-refractivity contribution is -0.119. The van der Waals surface area contributed by atoms with Crippen molar-refractivity contribution in [1.82, 2.24) is 4.98 Å². The molecule has 18 heavy (non-hydrogen) atoms. The van der Waals surface area contributed by atoms with Crippen LogP contribution in [-0.4, -0.2) is 10.8 Å². The number of aromatic nitrogens is 1. The zero-order valence-corrected chi connectivity index (χ0v) is 11.7. The maximum Gasteiger partial charge on any atom is 0.137 e. The minimum Gasteiger partial charge on any atom is -0.299 e. The highest BCUT2D eigenvalue weighted by atomic mass is 16.1. The topological polar surface area (TPSA) is 30.0 Å². The molecule has 1 saturated carbocycles. The summed E-state index contributed by atoms with van der Waals surface area (Å²) in [5.41, 5.74) is 1.09. The number of carbonyl (C=O) groups is 1. The summed E-state index contributed by atoms with van der Waals surface area (Å²) in [6, 6.07) is 3.86. The number of Topliss-reactive ketones (excluding diaryl/α,β-unsaturated/α-hetero) is 1. The third kappa shape index (κ3) is 5.44. The monoisotopic (exact) mass is 247 g/mol. The van der Waals surface area contributed by atoms with Crippen LogP contribution in [0, 0.1) is 5.92 Å². The maximum atomic E-state index is 11.9. The molecular weight excluding hydrogens is 222 g/mol. The Hall–Kier alpha value is -1.18. The van der Waals surface area contributed by atoms with E-state index >= 15 is 0 Å². The van der Waals surface area contributed by atoms with Gasteiger partial charge in [-0.1, -0.05) is 46.0 Å². The third-order valence-corrected chi connectivity index (χ3v) is 3.39. The molecule has 0 radical (unpaired) electrons. The molecule has 1 fully saturated rings. The summed E-state index contributed by atoms with van der Waals surface area (Å²) in [6.07, 6.45) is 11.4. The van der Waals surface area contributed by atoms with E-state index in [0.717, 1.165) is 12.0 Å². The summed E-state index contributed by atoms with van der Waals surface area (Å²) in [5, 5.41) is 0. The molecule has 0 amide bonds. The Kier molecular flexibility index (Phi) is 7.31. The average molecular weight is 247 g/mol. The Labute approximate surface area is 111 Å². The summed E-state index contributed by atoms with van der Waals surface area (Å²) in [7, 11) is 0. The second kappa shape index (κ2) is 8.84. The van der Waals surface area contributed by atoms with Crippen LogP contribution in [0.4, 0.5) is 0 Å². The van der Waals surface area contributed by atoms with Gasteiger partial charge in [0.05, 0.1) is 0 Å². The molecule has 0 aliphatic heterocycles. The fraction of sp³-hybridized carbons (Fsp3) is 0.625. The van der Waals surface area contributed by atoms with Gasteiger partial charge < -0.3 is 0 Å². The second-order valence-corrected chi connectivity index (χ2v) is 4.78. The Morgan fingerprint density at radius 2 is 1.78 bits per heavy atom. The fourth-order valence-electron chi connectivity index (χ4n) is 2.51. The fourth-order valence-corrected chi connectivity index (χ4v) is 2.51.